The Labute approximate surface area is 145 Å². The number of ether oxygens (including phenoxy) is 2. The van der Waals surface area contributed by atoms with Crippen LogP contribution in [0.25, 0.3) is 0 Å². The molecule has 0 aliphatic heterocycles. The van der Waals surface area contributed by atoms with E-state index in [0.717, 1.165) is 30.2 Å². The number of rotatable bonds is 6. The summed E-state index contributed by atoms with van der Waals surface area (Å²) in [7, 11) is 3.35. The number of nitrogens with one attached hydrogen (secondary N) is 1. The fraction of sp³-hybridized carbons (Fsp3) is 0.222. The van der Waals surface area contributed by atoms with E-state index in [4.69, 9.17) is 29.3 Å². The normalized spacial score (nSPS) is 9.52. The van der Waals surface area contributed by atoms with Crippen LogP contribution in [0.2, 0.25) is 0 Å². The molecule has 134 valence electrons. The van der Waals surface area contributed by atoms with Gasteiger partial charge in [0.2, 0.25) is 0 Å². The number of carboxylic acids is 2. The minimum absolute atomic E-state index is 0.745. The minimum Gasteiger partial charge on any atom is -0.497 e. The van der Waals surface area contributed by atoms with Crippen molar-refractivity contribution >= 4 is 11.9 Å². The molecule has 2 aromatic rings. The molecule has 0 bridgehead atoms. The maximum atomic E-state index is 9.10. The number of methoxy groups -OCH3 is 2. The number of aliphatic carboxylic acids is 2. The molecule has 0 aromatic heterocycles. The third kappa shape index (κ3) is 7.36. The van der Waals surface area contributed by atoms with E-state index in [1.165, 1.54) is 5.56 Å². The van der Waals surface area contributed by atoms with E-state index in [1.807, 2.05) is 36.4 Å². The Morgan fingerprint density at radius 2 is 1.56 bits per heavy atom. The molecular formula is C18H21NO6. The van der Waals surface area contributed by atoms with Gasteiger partial charge in [-0.15, -0.1) is 0 Å². The first-order valence-corrected chi connectivity index (χ1v) is 7.39. The number of benzene rings is 2. The van der Waals surface area contributed by atoms with Crippen molar-refractivity contribution in [3.8, 4) is 11.5 Å². The average Bonchev–Trinajstić information content (AvgIpc) is 2.63. The highest BCUT2D eigenvalue weighted by Crippen LogP contribution is 2.23. The second-order valence-electron chi connectivity index (χ2n) is 4.88. The van der Waals surface area contributed by atoms with Crippen molar-refractivity contribution in [2.24, 2.45) is 0 Å². The summed E-state index contributed by atoms with van der Waals surface area (Å²) < 4.78 is 10.6. The second-order valence-corrected chi connectivity index (χ2v) is 4.88. The highest BCUT2D eigenvalue weighted by Gasteiger charge is 2.05. The molecule has 0 heterocycles. The van der Waals surface area contributed by atoms with Gasteiger partial charge in [-0.05, 0) is 23.8 Å². The van der Waals surface area contributed by atoms with Gasteiger partial charge in [-0.2, -0.15) is 0 Å². The lowest BCUT2D eigenvalue weighted by Gasteiger charge is -2.11. The first kappa shape index (κ1) is 20.0. The van der Waals surface area contributed by atoms with Crippen molar-refractivity contribution in [3.05, 3.63) is 59.7 Å². The number of carboxylic acid groups (broad SMARTS) is 2. The van der Waals surface area contributed by atoms with Gasteiger partial charge in [0, 0.05) is 18.7 Å². The Kier molecular flexibility index (Phi) is 8.53. The molecule has 2 rings (SSSR count). The van der Waals surface area contributed by atoms with Crippen molar-refractivity contribution in [1.82, 2.24) is 5.32 Å². The molecular weight excluding hydrogens is 326 g/mol. The molecule has 7 heteroatoms. The second kappa shape index (κ2) is 10.7. The van der Waals surface area contributed by atoms with Gasteiger partial charge in [0.15, 0.2) is 0 Å². The van der Waals surface area contributed by atoms with Gasteiger partial charge in [0.05, 0.1) is 14.2 Å². The lowest BCUT2D eigenvalue weighted by atomic mass is 10.1. The van der Waals surface area contributed by atoms with E-state index in [1.54, 1.807) is 14.2 Å². The maximum Gasteiger partial charge on any atom is 0.414 e. The van der Waals surface area contributed by atoms with Crippen LogP contribution >= 0.6 is 0 Å². The van der Waals surface area contributed by atoms with Gasteiger partial charge >= 0.3 is 11.9 Å². The van der Waals surface area contributed by atoms with E-state index >= 15 is 0 Å². The standard InChI is InChI=1S/C16H19NO2.C2H2O4/c1-18-15-8-9-16(19-2)14(10-15)12-17-11-13-6-4-3-5-7-13;3-1(4)2(5)6/h3-10,17H,11-12H2,1-2H3;(H,3,4)(H,5,6). The summed E-state index contributed by atoms with van der Waals surface area (Å²) in [5, 5.41) is 18.2. The van der Waals surface area contributed by atoms with Crippen LogP contribution < -0.4 is 14.8 Å². The first-order chi connectivity index (χ1) is 12.0. The largest absolute Gasteiger partial charge is 0.497 e. The van der Waals surface area contributed by atoms with Crippen LogP contribution in [0, 0.1) is 0 Å². The number of hydrogen-bond donors (Lipinski definition) is 3. The predicted molar refractivity (Wildman–Crippen MR) is 91.8 cm³/mol. The van der Waals surface area contributed by atoms with Gasteiger partial charge < -0.3 is 25.0 Å². The molecule has 0 unspecified atom stereocenters. The lowest BCUT2D eigenvalue weighted by Crippen LogP contribution is -2.13. The molecule has 0 aliphatic rings. The Bertz CT molecular complexity index is 675. The molecule has 0 fully saturated rings. The van der Waals surface area contributed by atoms with Gasteiger partial charge in [-0.25, -0.2) is 9.59 Å². The molecule has 0 saturated carbocycles. The molecule has 7 nitrogen and oxygen atoms in total. The zero-order valence-electron chi connectivity index (χ0n) is 14.1. The number of carbonyl (C=O) groups is 2. The maximum absolute atomic E-state index is 9.10. The summed E-state index contributed by atoms with van der Waals surface area (Å²) in [6, 6.07) is 16.2. The third-order valence-electron chi connectivity index (χ3n) is 3.16. The van der Waals surface area contributed by atoms with Crippen LogP contribution in [0.4, 0.5) is 0 Å². The summed E-state index contributed by atoms with van der Waals surface area (Å²) in [6.07, 6.45) is 0. The topological polar surface area (TPSA) is 105 Å². The highest BCUT2D eigenvalue weighted by atomic mass is 16.5. The van der Waals surface area contributed by atoms with Crippen LogP contribution in [-0.2, 0) is 22.7 Å². The Hall–Kier alpha value is -3.06. The monoisotopic (exact) mass is 347 g/mol. The lowest BCUT2D eigenvalue weighted by molar-refractivity contribution is -0.159. The fourth-order valence-electron chi connectivity index (χ4n) is 1.96. The average molecular weight is 347 g/mol. The van der Waals surface area contributed by atoms with E-state index in [9.17, 15) is 0 Å². The van der Waals surface area contributed by atoms with Crippen molar-refractivity contribution in [2.75, 3.05) is 14.2 Å². The van der Waals surface area contributed by atoms with E-state index in [2.05, 4.69) is 17.4 Å². The van der Waals surface area contributed by atoms with Gasteiger partial charge in [0.1, 0.15) is 11.5 Å². The molecule has 3 N–H and O–H groups in total. The Morgan fingerprint density at radius 3 is 2.08 bits per heavy atom. The third-order valence-corrected chi connectivity index (χ3v) is 3.16. The molecule has 0 radical (unpaired) electrons. The Balaban J connectivity index is 0.000000450. The van der Waals surface area contributed by atoms with Gasteiger partial charge in [0.25, 0.3) is 0 Å². The van der Waals surface area contributed by atoms with Crippen molar-refractivity contribution < 1.29 is 29.3 Å². The number of hydrogen-bond acceptors (Lipinski definition) is 5. The van der Waals surface area contributed by atoms with Crippen molar-refractivity contribution in [1.29, 1.82) is 0 Å². The van der Waals surface area contributed by atoms with E-state index < -0.39 is 11.9 Å². The van der Waals surface area contributed by atoms with Gasteiger partial charge in [-0.3, -0.25) is 0 Å². The predicted octanol–water partition coefficient (Wildman–Crippen LogP) is 2.15. The molecule has 2 aromatic carbocycles. The first-order valence-electron chi connectivity index (χ1n) is 7.39. The quantitative estimate of drug-likeness (QED) is 0.688. The van der Waals surface area contributed by atoms with Crippen LogP contribution in [0.5, 0.6) is 11.5 Å². The molecule has 0 saturated heterocycles. The molecule has 0 aliphatic carbocycles. The van der Waals surface area contributed by atoms with Crippen LogP contribution in [-0.4, -0.2) is 36.4 Å². The van der Waals surface area contributed by atoms with Crippen LogP contribution in [0.1, 0.15) is 11.1 Å². The zero-order chi connectivity index (χ0) is 18.7. The fourth-order valence-corrected chi connectivity index (χ4v) is 1.96. The summed E-state index contributed by atoms with van der Waals surface area (Å²) >= 11 is 0. The molecule has 25 heavy (non-hydrogen) atoms. The van der Waals surface area contributed by atoms with Crippen LogP contribution in [0.3, 0.4) is 0 Å². The summed E-state index contributed by atoms with van der Waals surface area (Å²) in [6.45, 7) is 1.58. The summed E-state index contributed by atoms with van der Waals surface area (Å²) in [5.41, 5.74) is 2.36. The summed E-state index contributed by atoms with van der Waals surface area (Å²) in [5.74, 6) is -1.93. The van der Waals surface area contributed by atoms with E-state index in [0.29, 0.717) is 0 Å². The Morgan fingerprint density at radius 1 is 0.920 bits per heavy atom. The van der Waals surface area contributed by atoms with Crippen molar-refractivity contribution in [3.63, 3.8) is 0 Å². The van der Waals surface area contributed by atoms with E-state index in [-0.39, 0.29) is 0 Å². The highest BCUT2D eigenvalue weighted by molar-refractivity contribution is 6.27. The smallest absolute Gasteiger partial charge is 0.414 e. The molecule has 0 amide bonds. The van der Waals surface area contributed by atoms with Crippen molar-refractivity contribution in [2.45, 2.75) is 13.1 Å². The molecule has 0 spiro atoms. The minimum atomic E-state index is -1.82. The van der Waals surface area contributed by atoms with Crippen LogP contribution in [0.15, 0.2) is 48.5 Å². The zero-order valence-corrected chi connectivity index (χ0v) is 14.1. The SMILES string of the molecule is COc1ccc(OC)c(CNCc2ccccc2)c1.O=C(O)C(=O)O. The summed E-state index contributed by atoms with van der Waals surface area (Å²) in [4.78, 5) is 18.2. The molecule has 0 atom stereocenters. The van der Waals surface area contributed by atoms with Gasteiger partial charge in [-0.1, -0.05) is 30.3 Å².